The minimum atomic E-state index is -0.0816. The van der Waals surface area contributed by atoms with Crippen molar-refractivity contribution in [2.24, 2.45) is 0 Å². The molecule has 2 aromatic carbocycles. The SMILES string of the molecule is CC(C)(C)c1cc2cccc(-n3ccc(Oc4ccn(-c5cccc6cc(C(C)(C)C)oc56)n4)n3)c2o1. The van der Waals surface area contributed by atoms with Crippen molar-refractivity contribution in [3.8, 4) is 23.1 Å². The van der Waals surface area contributed by atoms with Crippen LogP contribution in [0.25, 0.3) is 33.3 Å². The topological polar surface area (TPSA) is 71.2 Å². The lowest BCUT2D eigenvalue weighted by Crippen LogP contribution is -2.08. The van der Waals surface area contributed by atoms with Crippen molar-refractivity contribution in [3.63, 3.8) is 0 Å². The van der Waals surface area contributed by atoms with Gasteiger partial charge in [-0.05, 0) is 24.3 Å². The predicted molar refractivity (Wildman–Crippen MR) is 144 cm³/mol. The lowest BCUT2D eigenvalue weighted by atomic mass is 9.93. The van der Waals surface area contributed by atoms with Crippen LogP contribution in [0.4, 0.5) is 0 Å². The highest BCUT2D eigenvalue weighted by atomic mass is 16.5. The van der Waals surface area contributed by atoms with Gasteiger partial charge in [-0.25, -0.2) is 9.36 Å². The first-order chi connectivity index (χ1) is 17.6. The molecule has 0 bridgehead atoms. The summed E-state index contributed by atoms with van der Waals surface area (Å²) in [5.41, 5.74) is 3.14. The number of para-hydroxylation sites is 2. The molecule has 6 rings (SSSR count). The van der Waals surface area contributed by atoms with Crippen LogP contribution in [0.2, 0.25) is 0 Å². The Morgan fingerprint density at radius 2 is 1.05 bits per heavy atom. The standard InChI is InChI=1S/C30H30N4O3/c1-29(2,3)23-17-19-9-7-11-21(27(19)35-23)33-15-13-25(31-33)37-26-14-16-34(32-26)22-12-8-10-20-18-24(30(4,5)6)36-28(20)22/h7-18H,1-6H3. The first kappa shape index (κ1) is 23.2. The van der Waals surface area contributed by atoms with Crippen molar-refractivity contribution < 1.29 is 13.6 Å². The second kappa shape index (κ2) is 8.13. The molecule has 0 amide bonds. The van der Waals surface area contributed by atoms with E-state index in [2.05, 4.69) is 76.0 Å². The zero-order valence-electron chi connectivity index (χ0n) is 21.9. The number of fused-ring (bicyclic) bond motifs is 2. The Kier molecular flexibility index (Phi) is 5.09. The van der Waals surface area contributed by atoms with Crippen LogP contribution < -0.4 is 4.74 Å². The third kappa shape index (κ3) is 4.20. The average molecular weight is 495 g/mol. The van der Waals surface area contributed by atoms with Gasteiger partial charge in [0.15, 0.2) is 11.2 Å². The maximum atomic E-state index is 6.23. The molecular weight excluding hydrogens is 464 g/mol. The predicted octanol–water partition coefficient (Wildman–Crippen LogP) is 7.94. The molecule has 0 saturated carbocycles. The van der Waals surface area contributed by atoms with E-state index in [0.717, 1.165) is 44.8 Å². The normalized spacial score (nSPS) is 12.6. The Labute approximate surface area is 215 Å². The molecule has 4 heterocycles. The molecule has 188 valence electrons. The summed E-state index contributed by atoms with van der Waals surface area (Å²) in [6.45, 7) is 12.8. The molecule has 0 aliphatic carbocycles. The van der Waals surface area contributed by atoms with E-state index in [1.807, 2.05) is 48.8 Å². The van der Waals surface area contributed by atoms with Gasteiger partial charge in [0.2, 0.25) is 11.8 Å². The number of hydrogen-bond donors (Lipinski definition) is 0. The van der Waals surface area contributed by atoms with E-state index in [-0.39, 0.29) is 10.8 Å². The van der Waals surface area contributed by atoms with E-state index < -0.39 is 0 Å². The van der Waals surface area contributed by atoms with Crippen LogP contribution in [-0.4, -0.2) is 19.6 Å². The zero-order chi connectivity index (χ0) is 25.9. The molecule has 0 N–H and O–H groups in total. The van der Waals surface area contributed by atoms with Crippen LogP contribution in [-0.2, 0) is 10.8 Å². The fourth-order valence-electron chi connectivity index (χ4n) is 4.29. The first-order valence-electron chi connectivity index (χ1n) is 12.4. The number of aromatic nitrogens is 4. The average Bonchev–Trinajstić information content (AvgIpc) is 3.62. The lowest BCUT2D eigenvalue weighted by molar-refractivity contribution is 0.426. The second-order valence-corrected chi connectivity index (χ2v) is 11.4. The van der Waals surface area contributed by atoms with Gasteiger partial charge in [-0.2, -0.15) is 0 Å². The largest absolute Gasteiger partial charge is 0.458 e. The molecule has 7 heteroatoms. The number of hydrogen-bond acceptors (Lipinski definition) is 5. The van der Waals surface area contributed by atoms with Gasteiger partial charge in [0.1, 0.15) is 22.9 Å². The number of rotatable bonds is 4. The highest BCUT2D eigenvalue weighted by molar-refractivity contribution is 5.86. The third-order valence-corrected chi connectivity index (χ3v) is 6.36. The van der Waals surface area contributed by atoms with Gasteiger partial charge >= 0.3 is 0 Å². The summed E-state index contributed by atoms with van der Waals surface area (Å²) in [7, 11) is 0. The molecule has 0 aliphatic heterocycles. The van der Waals surface area contributed by atoms with Crippen LogP contribution in [0, 0.1) is 0 Å². The Morgan fingerprint density at radius 3 is 1.46 bits per heavy atom. The number of furan rings is 2. The Hall–Kier alpha value is -4.26. The molecule has 0 atom stereocenters. The van der Waals surface area contributed by atoms with Crippen LogP contribution >= 0.6 is 0 Å². The molecule has 4 aromatic heterocycles. The summed E-state index contributed by atoms with van der Waals surface area (Å²) in [6, 6.07) is 19.9. The summed E-state index contributed by atoms with van der Waals surface area (Å²) < 4.78 is 22.0. The van der Waals surface area contributed by atoms with Crippen molar-refractivity contribution in [2.45, 2.75) is 52.4 Å². The van der Waals surface area contributed by atoms with Crippen LogP contribution in [0.3, 0.4) is 0 Å². The van der Waals surface area contributed by atoms with Crippen molar-refractivity contribution in [1.29, 1.82) is 0 Å². The summed E-state index contributed by atoms with van der Waals surface area (Å²) in [5.74, 6) is 2.75. The molecule has 7 nitrogen and oxygen atoms in total. The van der Waals surface area contributed by atoms with Gasteiger partial charge in [0.05, 0.1) is 0 Å². The fourth-order valence-corrected chi connectivity index (χ4v) is 4.29. The van der Waals surface area contributed by atoms with E-state index in [9.17, 15) is 0 Å². The highest BCUT2D eigenvalue weighted by Gasteiger charge is 2.22. The van der Waals surface area contributed by atoms with Crippen molar-refractivity contribution in [3.05, 3.63) is 84.6 Å². The smallest absolute Gasteiger partial charge is 0.240 e. The number of nitrogens with zero attached hydrogens (tertiary/aromatic N) is 4. The van der Waals surface area contributed by atoms with Crippen LogP contribution in [0.15, 0.2) is 81.9 Å². The van der Waals surface area contributed by atoms with Gasteiger partial charge < -0.3 is 13.6 Å². The third-order valence-electron chi connectivity index (χ3n) is 6.36. The van der Waals surface area contributed by atoms with Crippen molar-refractivity contribution in [2.75, 3.05) is 0 Å². The van der Waals surface area contributed by atoms with E-state index in [1.165, 1.54) is 0 Å². The molecule has 37 heavy (non-hydrogen) atoms. The van der Waals surface area contributed by atoms with Gasteiger partial charge in [-0.1, -0.05) is 65.8 Å². The van der Waals surface area contributed by atoms with E-state index in [1.54, 1.807) is 9.36 Å². The molecule has 6 aromatic rings. The molecule has 0 fully saturated rings. The quantitative estimate of drug-likeness (QED) is 0.249. The molecule has 0 saturated heterocycles. The molecular formula is C30H30N4O3. The van der Waals surface area contributed by atoms with Gasteiger partial charge in [0.25, 0.3) is 0 Å². The monoisotopic (exact) mass is 494 g/mol. The van der Waals surface area contributed by atoms with Crippen LogP contribution in [0.1, 0.15) is 53.1 Å². The minimum absolute atomic E-state index is 0.0816. The summed E-state index contributed by atoms with van der Waals surface area (Å²) >= 11 is 0. The molecule has 0 aliphatic rings. The maximum Gasteiger partial charge on any atom is 0.240 e. The zero-order valence-corrected chi connectivity index (χ0v) is 21.9. The minimum Gasteiger partial charge on any atom is -0.458 e. The van der Waals surface area contributed by atoms with Gasteiger partial charge in [0, 0.05) is 46.1 Å². The Morgan fingerprint density at radius 1 is 0.622 bits per heavy atom. The van der Waals surface area contributed by atoms with E-state index in [0.29, 0.717) is 11.8 Å². The van der Waals surface area contributed by atoms with Crippen LogP contribution in [0.5, 0.6) is 11.8 Å². The molecule has 0 radical (unpaired) electrons. The highest BCUT2D eigenvalue weighted by Crippen LogP contribution is 2.34. The number of benzene rings is 2. The Balaban J connectivity index is 1.28. The lowest BCUT2D eigenvalue weighted by Gasteiger charge is -2.13. The fraction of sp³-hybridized carbons (Fsp3) is 0.267. The van der Waals surface area contributed by atoms with E-state index >= 15 is 0 Å². The Bertz CT molecular complexity index is 1610. The number of ether oxygens (including phenoxy) is 1. The van der Waals surface area contributed by atoms with E-state index in [4.69, 9.17) is 13.6 Å². The van der Waals surface area contributed by atoms with Gasteiger partial charge in [-0.15, -0.1) is 10.2 Å². The maximum absolute atomic E-state index is 6.23. The second-order valence-electron chi connectivity index (χ2n) is 11.4. The first-order valence-corrected chi connectivity index (χ1v) is 12.4. The molecule has 0 unspecified atom stereocenters. The van der Waals surface area contributed by atoms with Crippen molar-refractivity contribution in [1.82, 2.24) is 19.6 Å². The summed E-state index contributed by atoms with van der Waals surface area (Å²) in [5, 5.41) is 11.3. The van der Waals surface area contributed by atoms with Gasteiger partial charge in [-0.3, -0.25) is 0 Å². The summed E-state index contributed by atoms with van der Waals surface area (Å²) in [6.07, 6.45) is 3.72. The van der Waals surface area contributed by atoms with Crippen molar-refractivity contribution >= 4 is 21.9 Å². The summed E-state index contributed by atoms with van der Waals surface area (Å²) in [4.78, 5) is 0. The molecule has 0 spiro atoms.